The highest BCUT2D eigenvalue weighted by molar-refractivity contribution is 5.93. The number of carboxylic acid groups (broad SMARTS) is 1. The molecule has 5 nitrogen and oxygen atoms in total. The molecular weight excluding hydrogens is 206 g/mol. The van der Waals surface area contributed by atoms with E-state index in [9.17, 15) is 4.79 Å². The van der Waals surface area contributed by atoms with Crippen LogP contribution in [-0.2, 0) is 0 Å². The molecule has 0 aromatic carbocycles. The molecule has 0 radical (unpaired) electrons. The molecule has 1 aliphatic carbocycles. The van der Waals surface area contributed by atoms with Crippen LogP contribution in [0.3, 0.4) is 0 Å². The van der Waals surface area contributed by atoms with Gasteiger partial charge in [-0.2, -0.15) is 5.10 Å². The Kier molecular flexibility index (Phi) is 1.92. The number of hydrogen-bond acceptors (Lipinski definition) is 3. The first-order chi connectivity index (χ1) is 7.75. The van der Waals surface area contributed by atoms with E-state index in [2.05, 4.69) is 10.1 Å². The lowest BCUT2D eigenvalue weighted by Crippen LogP contribution is -2.10. The molecule has 0 bridgehead atoms. The molecule has 0 atom stereocenters. The van der Waals surface area contributed by atoms with Crippen LogP contribution >= 0.6 is 0 Å². The van der Waals surface area contributed by atoms with Gasteiger partial charge in [-0.05, 0) is 24.3 Å². The lowest BCUT2D eigenvalue weighted by molar-refractivity contribution is 0.0699. The number of fused-ring (bicyclic) bond motifs is 1. The molecule has 16 heavy (non-hydrogen) atoms. The Hall–Kier alpha value is -1.91. The van der Waals surface area contributed by atoms with Gasteiger partial charge in [0.1, 0.15) is 5.56 Å². The summed E-state index contributed by atoms with van der Waals surface area (Å²) < 4.78 is 1.55. The first-order valence-electron chi connectivity index (χ1n) is 5.32. The van der Waals surface area contributed by atoms with E-state index in [0.29, 0.717) is 11.6 Å². The molecule has 2 aromatic rings. The normalized spacial score (nSPS) is 16.2. The van der Waals surface area contributed by atoms with E-state index in [1.54, 1.807) is 10.7 Å². The fourth-order valence-electron chi connectivity index (χ4n) is 1.99. The SMILES string of the molecule is O=C(O)c1cnn2cc(C3CCC3)cnc12. The zero-order valence-electron chi connectivity index (χ0n) is 8.63. The standard InChI is InChI=1S/C11H11N3O2/c15-11(16)9-5-13-14-6-8(4-12-10(9)14)7-2-1-3-7/h4-7H,1-3H2,(H,15,16). The van der Waals surface area contributed by atoms with Gasteiger partial charge in [0.2, 0.25) is 0 Å². The molecular formula is C11H11N3O2. The van der Waals surface area contributed by atoms with Gasteiger partial charge in [-0.1, -0.05) is 6.42 Å². The van der Waals surface area contributed by atoms with Crippen molar-refractivity contribution >= 4 is 11.6 Å². The zero-order valence-corrected chi connectivity index (χ0v) is 8.63. The minimum Gasteiger partial charge on any atom is -0.477 e. The monoisotopic (exact) mass is 217 g/mol. The molecule has 1 saturated carbocycles. The summed E-state index contributed by atoms with van der Waals surface area (Å²) in [6.45, 7) is 0. The predicted molar refractivity (Wildman–Crippen MR) is 56.5 cm³/mol. The van der Waals surface area contributed by atoms with Gasteiger partial charge in [-0.25, -0.2) is 14.3 Å². The fourth-order valence-corrected chi connectivity index (χ4v) is 1.99. The number of rotatable bonds is 2. The van der Waals surface area contributed by atoms with Gasteiger partial charge in [0.25, 0.3) is 0 Å². The van der Waals surface area contributed by atoms with Crippen molar-refractivity contribution in [1.29, 1.82) is 0 Å². The number of carbonyl (C=O) groups is 1. The lowest BCUT2D eigenvalue weighted by Gasteiger charge is -2.25. The van der Waals surface area contributed by atoms with E-state index >= 15 is 0 Å². The molecule has 3 rings (SSSR count). The number of carboxylic acids is 1. The first kappa shape index (κ1) is 9.33. The third-order valence-electron chi connectivity index (χ3n) is 3.18. The number of nitrogens with zero attached hydrogens (tertiary/aromatic N) is 3. The highest BCUT2D eigenvalue weighted by atomic mass is 16.4. The van der Waals surface area contributed by atoms with Gasteiger partial charge < -0.3 is 5.11 Å². The number of aromatic nitrogens is 3. The third-order valence-corrected chi connectivity index (χ3v) is 3.18. The zero-order chi connectivity index (χ0) is 11.1. The maximum absolute atomic E-state index is 10.9. The van der Waals surface area contributed by atoms with Crippen molar-refractivity contribution in [2.24, 2.45) is 0 Å². The average Bonchev–Trinajstić information content (AvgIpc) is 2.57. The van der Waals surface area contributed by atoms with Crippen molar-refractivity contribution in [1.82, 2.24) is 14.6 Å². The van der Waals surface area contributed by atoms with Crippen molar-refractivity contribution in [3.8, 4) is 0 Å². The molecule has 82 valence electrons. The predicted octanol–water partition coefficient (Wildman–Crippen LogP) is 1.70. The van der Waals surface area contributed by atoms with E-state index in [-0.39, 0.29) is 5.56 Å². The molecule has 1 N–H and O–H groups in total. The van der Waals surface area contributed by atoms with Gasteiger partial charge in [0, 0.05) is 12.4 Å². The van der Waals surface area contributed by atoms with Crippen LogP contribution in [0.1, 0.15) is 41.1 Å². The summed E-state index contributed by atoms with van der Waals surface area (Å²) in [4.78, 5) is 15.1. The van der Waals surface area contributed by atoms with Crippen LogP contribution in [0.5, 0.6) is 0 Å². The smallest absolute Gasteiger partial charge is 0.341 e. The maximum Gasteiger partial charge on any atom is 0.341 e. The molecule has 0 aliphatic heterocycles. The van der Waals surface area contributed by atoms with E-state index < -0.39 is 5.97 Å². The minimum absolute atomic E-state index is 0.153. The Labute approximate surface area is 91.7 Å². The van der Waals surface area contributed by atoms with Gasteiger partial charge in [-0.3, -0.25) is 0 Å². The van der Waals surface area contributed by atoms with Crippen LogP contribution in [0.25, 0.3) is 5.65 Å². The lowest BCUT2D eigenvalue weighted by atomic mass is 9.81. The van der Waals surface area contributed by atoms with Crippen LogP contribution in [-0.4, -0.2) is 25.7 Å². The molecule has 1 aliphatic rings. The van der Waals surface area contributed by atoms with Gasteiger partial charge in [0.05, 0.1) is 6.20 Å². The molecule has 0 amide bonds. The van der Waals surface area contributed by atoms with Gasteiger partial charge in [-0.15, -0.1) is 0 Å². The van der Waals surface area contributed by atoms with Crippen molar-refractivity contribution in [3.63, 3.8) is 0 Å². The summed E-state index contributed by atoms with van der Waals surface area (Å²) in [6.07, 6.45) is 8.66. The second-order valence-corrected chi connectivity index (χ2v) is 4.15. The molecule has 2 heterocycles. The van der Waals surface area contributed by atoms with Gasteiger partial charge >= 0.3 is 5.97 Å². The largest absolute Gasteiger partial charge is 0.477 e. The fraction of sp³-hybridized carbons (Fsp3) is 0.364. The summed E-state index contributed by atoms with van der Waals surface area (Å²) in [7, 11) is 0. The summed E-state index contributed by atoms with van der Waals surface area (Å²) in [5.74, 6) is -0.409. The van der Waals surface area contributed by atoms with Gasteiger partial charge in [0.15, 0.2) is 5.65 Å². The molecule has 2 aromatic heterocycles. The van der Waals surface area contributed by atoms with E-state index in [1.165, 1.54) is 25.5 Å². The van der Waals surface area contributed by atoms with Crippen LogP contribution in [0.4, 0.5) is 0 Å². The van der Waals surface area contributed by atoms with E-state index in [4.69, 9.17) is 5.11 Å². The second kappa shape index (κ2) is 3.30. The van der Waals surface area contributed by atoms with E-state index in [0.717, 1.165) is 5.56 Å². The molecule has 0 saturated heterocycles. The molecule has 1 fully saturated rings. The third kappa shape index (κ3) is 1.28. The van der Waals surface area contributed by atoms with Crippen molar-refractivity contribution in [2.45, 2.75) is 25.2 Å². The Morgan fingerprint density at radius 1 is 1.44 bits per heavy atom. The Bertz CT molecular complexity index is 557. The molecule has 0 spiro atoms. The Morgan fingerprint density at radius 2 is 2.25 bits per heavy atom. The highest BCUT2D eigenvalue weighted by Crippen LogP contribution is 2.35. The van der Waals surface area contributed by atoms with Crippen molar-refractivity contribution in [3.05, 3.63) is 29.7 Å². The van der Waals surface area contributed by atoms with E-state index in [1.807, 2.05) is 6.20 Å². The Balaban J connectivity index is 2.09. The maximum atomic E-state index is 10.9. The van der Waals surface area contributed by atoms with Crippen LogP contribution in [0, 0.1) is 0 Å². The van der Waals surface area contributed by atoms with Crippen molar-refractivity contribution in [2.75, 3.05) is 0 Å². The topological polar surface area (TPSA) is 67.5 Å². The first-order valence-corrected chi connectivity index (χ1v) is 5.32. The van der Waals surface area contributed by atoms with Crippen LogP contribution in [0.2, 0.25) is 0 Å². The number of aromatic carboxylic acids is 1. The number of hydrogen-bond donors (Lipinski definition) is 1. The highest BCUT2D eigenvalue weighted by Gasteiger charge is 2.21. The summed E-state index contributed by atoms with van der Waals surface area (Å²) in [5.41, 5.74) is 1.72. The van der Waals surface area contributed by atoms with Crippen molar-refractivity contribution < 1.29 is 9.90 Å². The molecule has 0 unspecified atom stereocenters. The summed E-state index contributed by atoms with van der Waals surface area (Å²) >= 11 is 0. The average molecular weight is 217 g/mol. The van der Waals surface area contributed by atoms with Crippen LogP contribution < -0.4 is 0 Å². The summed E-state index contributed by atoms with van der Waals surface area (Å²) in [5, 5.41) is 12.9. The quantitative estimate of drug-likeness (QED) is 0.831. The molecule has 5 heteroatoms. The van der Waals surface area contributed by atoms with Crippen LogP contribution in [0.15, 0.2) is 18.6 Å². The summed E-state index contributed by atoms with van der Waals surface area (Å²) in [6, 6.07) is 0. The second-order valence-electron chi connectivity index (χ2n) is 4.15. The Morgan fingerprint density at radius 3 is 2.88 bits per heavy atom. The minimum atomic E-state index is -0.987.